The number of nitrogens with one attached hydrogen (secondary N) is 3. The van der Waals surface area contributed by atoms with E-state index in [0.29, 0.717) is 0 Å². The average molecular weight is 494 g/mol. The number of carboxylic acids is 1. The number of hydrogen-bond acceptors (Lipinski definition) is 7. The minimum absolute atomic E-state index is 0.0258. The molecule has 5 unspecified atom stereocenters. The van der Waals surface area contributed by atoms with Gasteiger partial charge in [0, 0.05) is 0 Å². The van der Waals surface area contributed by atoms with Crippen molar-refractivity contribution in [3.8, 4) is 0 Å². The van der Waals surface area contributed by atoms with Gasteiger partial charge in [-0.25, -0.2) is 4.79 Å². The molecule has 1 aromatic carbocycles. The van der Waals surface area contributed by atoms with Crippen molar-refractivity contribution in [1.82, 2.24) is 16.0 Å². The van der Waals surface area contributed by atoms with Gasteiger partial charge in [-0.3, -0.25) is 19.2 Å². The van der Waals surface area contributed by atoms with Gasteiger partial charge in [0.2, 0.25) is 23.6 Å². The average Bonchev–Trinajstić information content (AvgIpc) is 2.75. The fraction of sp³-hybridized carbons (Fsp3) is 0.522. The number of rotatable bonds is 14. The lowest BCUT2D eigenvalue weighted by Crippen LogP contribution is -2.60. The number of carbonyl (C=O) groups excluding carboxylic acids is 4. The van der Waals surface area contributed by atoms with Crippen molar-refractivity contribution in [2.45, 2.75) is 70.3 Å². The summed E-state index contributed by atoms with van der Waals surface area (Å²) in [4.78, 5) is 60.6. The van der Waals surface area contributed by atoms with Gasteiger partial charge in [-0.05, 0) is 31.2 Å². The monoisotopic (exact) mass is 493 g/mol. The molecular formula is C23H35N5O7. The molecule has 194 valence electrons. The Morgan fingerprint density at radius 1 is 0.886 bits per heavy atom. The Morgan fingerprint density at radius 2 is 1.46 bits per heavy atom. The lowest BCUT2D eigenvalue weighted by molar-refractivity contribution is -0.144. The van der Waals surface area contributed by atoms with Gasteiger partial charge in [0.1, 0.15) is 18.1 Å². The fourth-order valence-corrected chi connectivity index (χ4v) is 3.26. The van der Waals surface area contributed by atoms with Crippen LogP contribution in [-0.4, -0.2) is 70.1 Å². The molecule has 9 N–H and O–H groups in total. The normalized spacial score (nSPS) is 15.3. The predicted molar refractivity (Wildman–Crippen MR) is 126 cm³/mol. The molecule has 0 saturated carbocycles. The van der Waals surface area contributed by atoms with E-state index in [2.05, 4.69) is 16.0 Å². The Kier molecular flexibility index (Phi) is 11.8. The van der Waals surface area contributed by atoms with Gasteiger partial charge >= 0.3 is 5.97 Å². The summed E-state index contributed by atoms with van der Waals surface area (Å²) < 4.78 is 0. The van der Waals surface area contributed by atoms with Gasteiger partial charge in [-0.15, -0.1) is 0 Å². The molecule has 0 saturated heterocycles. The van der Waals surface area contributed by atoms with E-state index in [1.807, 2.05) is 44.2 Å². The molecule has 1 aromatic rings. The minimum Gasteiger partial charge on any atom is -0.480 e. The number of carboxylic acid groups (broad SMARTS) is 1. The minimum atomic E-state index is -1.64. The van der Waals surface area contributed by atoms with E-state index >= 15 is 0 Å². The third kappa shape index (κ3) is 10.5. The predicted octanol–water partition coefficient (Wildman–Crippen LogP) is -1.60. The number of carbonyl (C=O) groups is 5. The second-order valence-electron chi connectivity index (χ2n) is 8.78. The third-order valence-electron chi connectivity index (χ3n) is 5.06. The molecule has 0 heterocycles. The SMILES string of the molecule is CC(C)CC(NC(=O)C(N)Cc1ccccc1)C(=O)NC(C(=O)NC(CC(N)=O)C(=O)O)C(C)O. The Morgan fingerprint density at radius 3 is 1.94 bits per heavy atom. The Balaban J connectivity index is 2.93. The van der Waals surface area contributed by atoms with Crippen LogP contribution >= 0.6 is 0 Å². The highest BCUT2D eigenvalue weighted by atomic mass is 16.4. The number of amides is 4. The van der Waals surface area contributed by atoms with E-state index in [9.17, 15) is 34.2 Å². The number of nitrogens with two attached hydrogens (primary N) is 2. The van der Waals surface area contributed by atoms with E-state index < -0.39 is 66.3 Å². The van der Waals surface area contributed by atoms with Crippen LogP contribution in [0.4, 0.5) is 0 Å². The van der Waals surface area contributed by atoms with E-state index in [0.717, 1.165) is 5.56 Å². The van der Waals surface area contributed by atoms with Crippen molar-refractivity contribution in [1.29, 1.82) is 0 Å². The molecule has 0 aliphatic rings. The van der Waals surface area contributed by atoms with Crippen LogP contribution in [-0.2, 0) is 30.4 Å². The molecule has 0 spiro atoms. The summed E-state index contributed by atoms with van der Waals surface area (Å²) in [5.41, 5.74) is 11.9. The van der Waals surface area contributed by atoms with Crippen molar-refractivity contribution < 1.29 is 34.2 Å². The summed E-state index contributed by atoms with van der Waals surface area (Å²) in [5.74, 6) is -4.85. The van der Waals surface area contributed by atoms with Crippen LogP contribution in [0.15, 0.2) is 30.3 Å². The molecule has 5 atom stereocenters. The van der Waals surface area contributed by atoms with Crippen LogP contribution in [0.2, 0.25) is 0 Å². The van der Waals surface area contributed by atoms with Gasteiger partial charge < -0.3 is 37.6 Å². The maximum absolute atomic E-state index is 13.0. The lowest BCUT2D eigenvalue weighted by Gasteiger charge is -2.27. The molecule has 0 aliphatic carbocycles. The Bertz CT molecular complexity index is 892. The van der Waals surface area contributed by atoms with Crippen molar-refractivity contribution in [3.63, 3.8) is 0 Å². The third-order valence-corrected chi connectivity index (χ3v) is 5.06. The number of aliphatic carboxylic acids is 1. The van der Waals surface area contributed by atoms with Gasteiger partial charge in [0.05, 0.1) is 18.6 Å². The molecule has 12 heteroatoms. The van der Waals surface area contributed by atoms with Crippen LogP contribution in [0.25, 0.3) is 0 Å². The number of benzene rings is 1. The number of aliphatic hydroxyl groups is 1. The highest BCUT2D eigenvalue weighted by Crippen LogP contribution is 2.08. The van der Waals surface area contributed by atoms with E-state index in [-0.39, 0.29) is 18.8 Å². The summed E-state index contributed by atoms with van der Waals surface area (Å²) in [7, 11) is 0. The van der Waals surface area contributed by atoms with Crippen LogP contribution in [0, 0.1) is 5.92 Å². The zero-order chi connectivity index (χ0) is 26.7. The standard InChI is InChI=1S/C23H35N5O7/c1-12(2)9-16(26-20(31)15(24)10-14-7-5-4-6-8-14)21(32)28-19(13(3)29)22(33)27-17(23(34)35)11-18(25)30/h4-8,12-13,15-17,19,29H,9-11,24H2,1-3H3,(H2,25,30)(H,26,31)(H,27,33)(H,28,32)(H,34,35). The van der Waals surface area contributed by atoms with E-state index in [1.165, 1.54) is 6.92 Å². The number of aliphatic hydroxyl groups excluding tert-OH is 1. The molecule has 4 amide bonds. The van der Waals surface area contributed by atoms with Crippen LogP contribution in [0.3, 0.4) is 0 Å². The first kappa shape index (κ1) is 29.5. The second kappa shape index (κ2) is 14.0. The largest absolute Gasteiger partial charge is 0.480 e. The van der Waals surface area contributed by atoms with Gasteiger partial charge in [0.15, 0.2) is 0 Å². The van der Waals surface area contributed by atoms with Crippen molar-refractivity contribution >= 4 is 29.6 Å². The topological polar surface area (TPSA) is 214 Å². The molecule has 0 radical (unpaired) electrons. The highest BCUT2D eigenvalue weighted by molar-refractivity contribution is 5.95. The summed E-state index contributed by atoms with van der Waals surface area (Å²) in [6, 6.07) is 3.91. The summed E-state index contributed by atoms with van der Waals surface area (Å²) in [6.07, 6.45) is -1.63. The zero-order valence-electron chi connectivity index (χ0n) is 20.1. The second-order valence-corrected chi connectivity index (χ2v) is 8.78. The summed E-state index contributed by atoms with van der Waals surface area (Å²) in [6.45, 7) is 4.88. The smallest absolute Gasteiger partial charge is 0.326 e. The summed E-state index contributed by atoms with van der Waals surface area (Å²) in [5, 5.41) is 26.2. The Labute approximate surface area is 203 Å². The Hall–Kier alpha value is -3.51. The van der Waals surface area contributed by atoms with Crippen molar-refractivity contribution in [2.75, 3.05) is 0 Å². The molecule has 0 fully saturated rings. The molecule has 35 heavy (non-hydrogen) atoms. The molecule has 12 nitrogen and oxygen atoms in total. The molecule has 0 aromatic heterocycles. The van der Waals surface area contributed by atoms with E-state index in [4.69, 9.17) is 11.5 Å². The molecule has 0 aliphatic heterocycles. The zero-order valence-corrected chi connectivity index (χ0v) is 20.1. The van der Waals surface area contributed by atoms with E-state index in [1.54, 1.807) is 0 Å². The quantitative estimate of drug-likeness (QED) is 0.160. The first-order valence-electron chi connectivity index (χ1n) is 11.2. The summed E-state index contributed by atoms with van der Waals surface area (Å²) >= 11 is 0. The molecule has 1 rings (SSSR count). The molecule has 0 bridgehead atoms. The van der Waals surface area contributed by atoms with Gasteiger partial charge in [-0.2, -0.15) is 0 Å². The molecular weight excluding hydrogens is 458 g/mol. The fourth-order valence-electron chi connectivity index (χ4n) is 3.26. The highest BCUT2D eigenvalue weighted by Gasteiger charge is 2.33. The number of primary amides is 1. The van der Waals surface area contributed by atoms with Crippen molar-refractivity contribution in [3.05, 3.63) is 35.9 Å². The lowest BCUT2D eigenvalue weighted by atomic mass is 10.0. The van der Waals surface area contributed by atoms with Crippen molar-refractivity contribution in [2.24, 2.45) is 17.4 Å². The maximum atomic E-state index is 13.0. The maximum Gasteiger partial charge on any atom is 0.326 e. The van der Waals surface area contributed by atoms with Gasteiger partial charge in [0.25, 0.3) is 0 Å². The first-order valence-corrected chi connectivity index (χ1v) is 11.2. The first-order chi connectivity index (χ1) is 16.3. The van der Waals surface area contributed by atoms with Crippen LogP contribution in [0.1, 0.15) is 39.2 Å². The van der Waals surface area contributed by atoms with Gasteiger partial charge in [-0.1, -0.05) is 44.2 Å². The van der Waals surface area contributed by atoms with Crippen LogP contribution < -0.4 is 27.4 Å². The van der Waals surface area contributed by atoms with Crippen LogP contribution in [0.5, 0.6) is 0 Å². The number of hydrogen-bond donors (Lipinski definition) is 7.